The highest BCUT2D eigenvalue weighted by Crippen LogP contribution is 2.31. The zero-order chi connectivity index (χ0) is 19.3. The molecular weight excluding hydrogens is 358 g/mol. The van der Waals surface area contributed by atoms with Crippen LogP contribution in [0.25, 0.3) is 16.8 Å². The van der Waals surface area contributed by atoms with Gasteiger partial charge in [-0.3, -0.25) is 14.5 Å². The third kappa shape index (κ3) is 2.50. The highest BCUT2D eigenvalue weighted by atomic mass is 16.2. The molecule has 1 unspecified atom stereocenters. The third-order valence-electron chi connectivity index (χ3n) is 5.13. The fourth-order valence-corrected chi connectivity index (χ4v) is 3.65. The molecule has 0 spiro atoms. The number of amides is 2. The van der Waals surface area contributed by atoms with Crippen molar-refractivity contribution in [3.05, 3.63) is 36.3 Å². The van der Waals surface area contributed by atoms with Crippen LogP contribution in [0, 0.1) is 17.2 Å². The summed E-state index contributed by atoms with van der Waals surface area (Å²) in [7, 11) is 0. The Balaban J connectivity index is 1.61. The summed E-state index contributed by atoms with van der Waals surface area (Å²) >= 11 is 0. The molecule has 3 aromatic heterocycles. The van der Waals surface area contributed by atoms with E-state index in [4.69, 9.17) is 10.2 Å². The van der Waals surface area contributed by atoms with Gasteiger partial charge in [0.2, 0.25) is 11.8 Å². The normalized spacial score (nSPS) is 18.8. The zero-order valence-electron chi connectivity index (χ0n) is 14.8. The van der Waals surface area contributed by atoms with E-state index < -0.39 is 5.92 Å². The van der Waals surface area contributed by atoms with E-state index in [2.05, 4.69) is 21.5 Å². The number of anilines is 2. The maximum absolute atomic E-state index is 12.6. The lowest BCUT2D eigenvalue weighted by Crippen LogP contribution is -2.28. The quantitative estimate of drug-likeness (QED) is 0.728. The van der Waals surface area contributed by atoms with Gasteiger partial charge >= 0.3 is 0 Å². The highest BCUT2D eigenvalue weighted by Gasteiger charge is 2.34. The van der Waals surface area contributed by atoms with Gasteiger partial charge in [0.05, 0.1) is 24.2 Å². The summed E-state index contributed by atoms with van der Waals surface area (Å²) in [5.41, 5.74) is 3.04. The van der Waals surface area contributed by atoms with Crippen molar-refractivity contribution in [2.75, 3.05) is 16.8 Å². The van der Waals surface area contributed by atoms with Crippen molar-refractivity contribution >= 4 is 29.0 Å². The molecule has 1 N–H and O–H groups in total. The molecule has 5 rings (SSSR count). The van der Waals surface area contributed by atoms with Crippen LogP contribution >= 0.6 is 0 Å². The van der Waals surface area contributed by atoms with E-state index >= 15 is 0 Å². The van der Waals surface area contributed by atoms with Crippen molar-refractivity contribution in [1.82, 2.24) is 19.6 Å². The highest BCUT2D eigenvalue weighted by molar-refractivity contribution is 6.01. The first-order valence-electron chi connectivity index (χ1n) is 8.98. The molecule has 0 aromatic carbocycles. The monoisotopic (exact) mass is 373 g/mol. The second-order valence-electron chi connectivity index (χ2n) is 6.85. The van der Waals surface area contributed by atoms with Gasteiger partial charge in [0.25, 0.3) is 0 Å². The summed E-state index contributed by atoms with van der Waals surface area (Å²) in [5, 5.41) is 16.2. The van der Waals surface area contributed by atoms with E-state index in [9.17, 15) is 9.59 Å². The van der Waals surface area contributed by atoms with Crippen LogP contribution in [0.2, 0.25) is 0 Å². The van der Waals surface area contributed by atoms with E-state index in [1.807, 2.05) is 6.07 Å². The molecule has 28 heavy (non-hydrogen) atoms. The van der Waals surface area contributed by atoms with Crippen molar-refractivity contribution in [3.63, 3.8) is 0 Å². The number of hydrogen-bond acceptors (Lipinski definition) is 6. The topological polar surface area (TPSA) is 116 Å². The summed E-state index contributed by atoms with van der Waals surface area (Å²) in [6.07, 6.45) is 6.61. The van der Waals surface area contributed by atoms with E-state index in [0.717, 1.165) is 11.1 Å². The Hall–Kier alpha value is -3.80. The van der Waals surface area contributed by atoms with E-state index in [0.29, 0.717) is 48.7 Å². The number of aryl methyl sites for hydroxylation is 1. The lowest BCUT2D eigenvalue weighted by Gasteiger charge is -2.18. The molecule has 0 saturated carbocycles. The van der Waals surface area contributed by atoms with E-state index in [1.54, 1.807) is 34.1 Å². The van der Waals surface area contributed by atoms with Crippen LogP contribution in [0.1, 0.15) is 18.4 Å². The summed E-state index contributed by atoms with van der Waals surface area (Å²) < 4.78 is 1.67. The first kappa shape index (κ1) is 16.4. The van der Waals surface area contributed by atoms with Crippen molar-refractivity contribution in [2.45, 2.75) is 19.3 Å². The van der Waals surface area contributed by atoms with Gasteiger partial charge in [-0.25, -0.2) is 14.5 Å². The first-order chi connectivity index (χ1) is 13.6. The van der Waals surface area contributed by atoms with Gasteiger partial charge in [-0.2, -0.15) is 10.4 Å². The molecule has 1 saturated heterocycles. The van der Waals surface area contributed by atoms with Gasteiger partial charge < -0.3 is 5.32 Å². The number of aromatic nitrogens is 4. The fourth-order valence-electron chi connectivity index (χ4n) is 3.65. The lowest BCUT2D eigenvalue weighted by molar-refractivity contribution is -0.119. The summed E-state index contributed by atoms with van der Waals surface area (Å²) in [6, 6.07) is 5.80. The molecular formula is C19H15N7O2. The van der Waals surface area contributed by atoms with Gasteiger partial charge in [-0.1, -0.05) is 0 Å². The second kappa shape index (κ2) is 6.13. The molecule has 2 aliphatic heterocycles. The molecule has 138 valence electrons. The number of carbonyl (C=O) groups excluding carboxylic acids is 2. The lowest BCUT2D eigenvalue weighted by atomic mass is 10.0. The largest absolute Gasteiger partial charge is 0.310 e. The molecule has 1 atom stereocenters. The predicted molar refractivity (Wildman–Crippen MR) is 99.2 cm³/mol. The third-order valence-corrected chi connectivity index (χ3v) is 5.13. The Bertz CT molecular complexity index is 1180. The van der Waals surface area contributed by atoms with Crippen LogP contribution < -0.4 is 10.2 Å². The average molecular weight is 373 g/mol. The smallest absolute Gasteiger partial charge is 0.245 e. The average Bonchev–Trinajstić information content (AvgIpc) is 3.33. The van der Waals surface area contributed by atoms with Gasteiger partial charge in [0.1, 0.15) is 17.3 Å². The van der Waals surface area contributed by atoms with Crippen LogP contribution in [0.15, 0.2) is 30.7 Å². The SMILES string of the molecule is N#CC1CCN(c2nc(-c3cnc4c(c3)CCC(=O)N4)cn3nccc23)C1=O. The van der Waals surface area contributed by atoms with Crippen LogP contribution in [0.4, 0.5) is 11.6 Å². The molecule has 0 radical (unpaired) electrons. The molecule has 0 aliphatic carbocycles. The van der Waals surface area contributed by atoms with Gasteiger partial charge in [-0.05, 0) is 30.5 Å². The van der Waals surface area contributed by atoms with Crippen LogP contribution in [0.3, 0.4) is 0 Å². The number of fused-ring (bicyclic) bond motifs is 2. The Labute approximate surface area is 159 Å². The number of rotatable bonds is 2. The minimum absolute atomic E-state index is 0.0364. The molecule has 2 aliphatic rings. The molecule has 1 fully saturated rings. The summed E-state index contributed by atoms with van der Waals surface area (Å²) in [4.78, 5) is 34.7. The first-order valence-corrected chi connectivity index (χ1v) is 8.98. The fraction of sp³-hybridized carbons (Fsp3) is 0.263. The standard InChI is InChI=1S/C19H15N7O2/c20-8-12-4-6-25(19(12)28)18-15-3-5-22-26(15)10-14(23-18)13-7-11-1-2-16(27)24-17(11)21-9-13/h3,5,7,9-10,12H,1-2,4,6H2,(H,21,24,27). The van der Waals surface area contributed by atoms with Crippen LogP contribution in [-0.2, 0) is 16.0 Å². The number of pyridine rings is 1. The maximum Gasteiger partial charge on any atom is 0.245 e. The van der Waals surface area contributed by atoms with E-state index in [-0.39, 0.29) is 11.8 Å². The molecule has 3 aromatic rings. The number of nitrogens with one attached hydrogen (secondary N) is 1. The second-order valence-corrected chi connectivity index (χ2v) is 6.85. The van der Waals surface area contributed by atoms with Gasteiger partial charge in [0.15, 0.2) is 5.82 Å². The number of hydrogen-bond donors (Lipinski definition) is 1. The predicted octanol–water partition coefficient (Wildman–Crippen LogP) is 1.55. The Morgan fingerprint density at radius 2 is 2.18 bits per heavy atom. The molecule has 0 bridgehead atoms. The van der Waals surface area contributed by atoms with Crippen molar-refractivity contribution in [2.24, 2.45) is 5.92 Å². The van der Waals surface area contributed by atoms with Gasteiger partial charge in [0, 0.05) is 24.7 Å². The molecule has 9 heteroatoms. The van der Waals surface area contributed by atoms with Gasteiger partial charge in [-0.15, -0.1) is 0 Å². The summed E-state index contributed by atoms with van der Waals surface area (Å²) in [6.45, 7) is 0.447. The molecule has 5 heterocycles. The number of carbonyl (C=O) groups is 2. The minimum Gasteiger partial charge on any atom is -0.310 e. The minimum atomic E-state index is -0.637. The van der Waals surface area contributed by atoms with Crippen LogP contribution in [-0.4, -0.2) is 37.9 Å². The Kier molecular flexibility index (Phi) is 3.58. The summed E-state index contributed by atoms with van der Waals surface area (Å²) in [5.74, 6) is 0.158. The van der Waals surface area contributed by atoms with Crippen molar-refractivity contribution < 1.29 is 9.59 Å². The maximum atomic E-state index is 12.6. The number of nitrogens with zero attached hydrogens (tertiary/aromatic N) is 6. The zero-order valence-corrected chi connectivity index (χ0v) is 14.8. The number of nitriles is 1. The molecule has 2 amide bonds. The molecule has 9 nitrogen and oxygen atoms in total. The van der Waals surface area contributed by atoms with E-state index in [1.165, 1.54) is 0 Å². The van der Waals surface area contributed by atoms with Crippen LogP contribution in [0.5, 0.6) is 0 Å². The van der Waals surface area contributed by atoms with Crippen molar-refractivity contribution in [1.29, 1.82) is 5.26 Å². The Morgan fingerprint density at radius 1 is 1.29 bits per heavy atom. The Morgan fingerprint density at radius 3 is 3.00 bits per heavy atom. The van der Waals surface area contributed by atoms with Crippen molar-refractivity contribution in [3.8, 4) is 17.3 Å².